The lowest BCUT2D eigenvalue weighted by Gasteiger charge is -2.17. The smallest absolute Gasteiger partial charge is 0.166 e. The average Bonchev–Trinajstić information content (AvgIpc) is 2.58. The molecular weight excluding hydrogens is 357 g/mol. The third-order valence-electron chi connectivity index (χ3n) is 3.76. The van der Waals surface area contributed by atoms with Crippen LogP contribution in [0.1, 0.15) is 31.4 Å². The summed E-state index contributed by atoms with van der Waals surface area (Å²) in [5.74, 6) is 2.10. The molecule has 0 radical (unpaired) electrons. The highest BCUT2D eigenvalue weighted by atomic mass is 35.5. The fourth-order valence-corrected chi connectivity index (χ4v) is 2.64. The standard InChI is InChI=1S/C20H26ClNO2.ClH/c1-15(2)9-10-22-13-17-11-18(21)12-19(23-3)20(17)24-14-16-7-5-4-6-8-16;/h4-8,11-12,15,22H,9-10,13-14H2,1-3H3;1H. The lowest BCUT2D eigenvalue weighted by atomic mass is 10.1. The summed E-state index contributed by atoms with van der Waals surface area (Å²) in [6, 6.07) is 13.8. The number of rotatable bonds is 9. The van der Waals surface area contributed by atoms with E-state index in [2.05, 4.69) is 19.2 Å². The SMILES string of the molecule is COc1cc(Cl)cc(CNCCC(C)C)c1OCc1ccccc1.Cl. The van der Waals surface area contributed by atoms with Crippen LogP contribution in [0, 0.1) is 5.92 Å². The van der Waals surface area contributed by atoms with Crippen LogP contribution >= 0.6 is 24.0 Å². The third-order valence-corrected chi connectivity index (χ3v) is 3.97. The Kier molecular flexibility index (Phi) is 9.73. The first kappa shape index (κ1) is 21.6. The van der Waals surface area contributed by atoms with Gasteiger partial charge in [0.2, 0.25) is 0 Å². The first-order valence-corrected chi connectivity index (χ1v) is 8.71. The molecule has 0 aliphatic heterocycles. The van der Waals surface area contributed by atoms with E-state index >= 15 is 0 Å². The molecule has 0 atom stereocenters. The zero-order valence-corrected chi connectivity index (χ0v) is 16.6. The maximum Gasteiger partial charge on any atom is 0.166 e. The maximum absolute atomic E-state index is 6.22. The van der Waals surface area contributed by atoms with E-state index in [9.17, 15) is 0 Å². The first-order chi connectivity index (χ1) is 11.6. The number of benzene rings is 2. The number of methoxy groups -OCH3 is 1. The largest absolute Gasteiger partial charge is 0.493 e. The number of hydrogen-bond donors (Lipinski definition) is 1. The summed E-state index contributed by atoms with van der Waals surface area (Å²) in [6.07, 6.45) is 1.14. The number of ether oxygens (including phenoxy) is 2. The van der Waals surface area contributed by atoms with Crippen LogP contribution in [-0.4, -0.2) is 13.7 Å². The molecule has 2 aromatic rings. The van der Waals surface area contributed by atoms with Gasteiger partial charge in [0.25, 0.3) is 0 Å². The van der Waals surface area contributed by atoms with Gasteiger partial charge in [0.05, 0.1) is 7.11 Å². The molecule has 0 bridgehead atoms. The lowest BCUT2D eigenvalue weighted by molar-refractivity contribution is 0.280. The lowest BCUT2D eigenvalue weighted by Crippen LogP contribution is -2.17. The van der Waals surface area contributed by atoms with Crippen LogP contribution in [0.25, 0.3) is 0 Å². The van der Waals surface area contributed by atoms with Crippen LogP contribution in [0.15, 0.2) is 42.5 Å². The molecule has 0 saturated carbocycles. The second-order valence-electron chi connectivity index (χ2n) is 6.23. The Balaban J connectivity index is 0.00000312. The molecule has 5 heteroatoms. The van der Waals surface area contributed by atoms with Gasteiger partial charge >= 0.3 is 0 Å². The van der Waals surface area contributed by atoms with Gasteiger partial charge in [0.1, 0.15) is 6.61 Å². The molecule has 0 amide bonds. The number of nitrogens with one attached hydrogen (secondary N) is 1. The van der Waals surface area contributed by atoms with Crippen LogP contribution in [0.3, 0.4) is 0 Å². The van der Waals surface area contributed by atoms with E-state index < -0.39 is 0 Å². The van der Waals surface area contributed by atoms with Crippen LogP contribution in [-0.2, 0) is 13.2 Å². The van der Waals surface area contributed by atoms with Gasteiger partial charge in [-0.2, -0.15) is 0 Å². The molecule has 0 fully saturated rings. The highest BCUT2D eigenvalue weighted by Gasteiger charge is 2.13. The molecule has 2 rings (SSSR count). The molecule has 0 spiro atoms. The van der Waals surface area contributed by atoms with E-state index in [1.54, 1.807) is 13.2 Å². The van der Waals surface area contributed by atoms with E-state index in [1.807, 2.05) is 36.4 Å². The van der Waals surface area contributed by atoms with Crippen molar-refractivity contribution in [2.75, 3.05) is 13.7 Å². The third kappa shape index (κ3) is 7.15. The van der Waals surface area contributed by atoms with Crippen LogP contribution in [0.4, 0.5) is 0 Å². The van der Waals surface area contributed by atoms with Crippen molar-refractivity contribution in [1.82, 2.24) is 5.32 Å². The summed E-state index contributed by atoms with van der Waals surface area (Å²) in [5.41, 5.74) is 2.13. The fourth-order valence-electron chi connectivity index (χ4n) is 2.41. The summed E-state index contributed by atoms with van der Waals surface area (Å²) >= 11 is 6.22. The van der Waals surface area contributed by atoms with Gasteiger partial charge in [-0.3, -0.25) is 0 Å². The van der Waals surface area contributed by atoms with Crippen molar-refractivity contribution in [3.8, 4) is 11.5 Å². The Morgan fingerprint density at radius 2 is 1.84 bits per heavy atom. The van der Waals surface area contributed by atoms with Crippen LogP contribution in [0.2, 0.25) is 5.02 Å². The molecule has 0 aliphatic carbocycles. The highest BCUT2D eigenvalue weighted by molar-refractivity contribution is 6.30. The molecule has 3 nitrogen and oxygen atoms in total. The van der Waals surface area contributed by atoms with Crippen molar-refractivity contribution >= 4 is 24.0 Å². The second-order valence-corrected chi connectivity index (χ2v) is 6.67. The minimum Gasteiger partial charge on any atom is -0.493 e. The Labute approximate surface area is 162 Å². The predicted octanol–water partition coefficient (Wildman–Crippen LogP) is 5.49. The Hall–Kier alpha value is -1.42. The van der Waals surface area contributed by atoms with Gasteiger partial charge in [-0.15, -0.1) is 12.4 Å². The van der Waals surface area contributed by atoms with E-state index in [0.29, 0.717) is 29.8 Å². The van der Waals surface area contributed by atoms with E-state index in [0.717, 1.165) is 29.8 Å². The topological polar surface area (TPSA) is 30.5 Å². The van der Waals surface area contributed by atoms with Gasteiger partial charge < -0.3 is 14.8 Å². The summed E-state index contributed by atoms with van der Waals surface area (Å²) in [6.45, 7) is 6.60. The first-order valence-electron chi connectivity index (χ1n) is 8.34. The second kappa shape index (κ2) is 11.2. The van der Waals surface area contributed by atoms with Crippen LogP contribution in [0.5, 0.6) is 11.5 Å². The monoisotopic (exact) mass is 383 g/mol. The zero-order valence-electron chi connectivity index (χ0n) is 15.0. The van der Waals surface area contributed by atoms with Gasteiger partial charge in [0.15, 0.2) is 11.5 Å². The summed E-state index contributed by atoms with van der Waals surface area (Å²) in [5, 5.41) is 4.11. The quantitative estimate of drug-likeness (QED) is 0.581. The molecular formula is C20H27Cl2NO2. The van der Waals surface area contributed by atoms with Crippen molar-refractivity contribution < 1.29 is 9.47 Å². The van der Waals surface area contributed by atoms with Gasteiger partial charge in [-0.05, 0) is 30.5 Å². The van der Waals surface area contributed by atoms with Crippen molar-refractivity contribution in [1.29, 1.82) is 0 Å². The number of hydrogen-bond acceptors (Lipinski definition) is 3. The fraction of sp³-hybridized carbons (Fsp3) is 0.400. The van der Waals surface area contributed by atoms with Crippen molar-refractivity contribution in [2.45, 2.75) is 33.4 Å². The minimum atomic E-state index is 0. The van der Waals surface area contributed by atoms with Gasteiger partial charge in [0, 0.05) is 23.2 Å². The molecule has 2 aromatic carbocycles. The molecule has 138 valence electrons. The highest BCUT2D eigenvalue weighted by Crippen LogP contribution is 2.35. The zero-order chi connectivity index (χ0) is 17.4. The predicted molar refractivity (Wildman–Crippen MR) is 107 cm³/mol. The molecule has 0 unspecified atom stereocenters. The van der Waals surface area contributed by atoms with Gasteiger partial charge in [-0.1, -0.05) is 55.8 Å². The Morgan fingerprint density at radius 3 is 2.48 bits per heavy atom. The van der Waals surface area contributed by atoms with Crippen molar-refractivity contribution in [3.63, 3.8) is 0 Å². The van der Waals surface area contributed by atoms with E-state index in [1.165, 1.54) is 0 Å². The van der Waals surface area contributed by atoms with Crippen molar-refractivity contribution in [2.24, 2.45) is 5.92 Å². The summed E-state index contributed by atoms with van der Waals surface area (Å²) < 4.78 is 11.5. The molecule has 25 heavy (non-hydrogen) atoms. The average molecular weight is 384 g/mol. The Bertz CT molecular complexity index is 633. The van der Waals surface area contributed by atoms with Crippen molar-refractivity contribution in [3.05, 3.63) is 58.6 Å². The number of halogens is 2. The van der Waals surface area contributed by atoms with Crippen LogP contribution < -0.4 is 14.8 Å². The summed E-state index contributed by atoms with van der Waals surface area (Å²) in [7, 11) is 1.64. The van der Waals surface area contributed by atoms with Gasteiger partial charge in [-0.25, -0.2) is 0 Å². The molecule has 1 N–H and O–H groups in total. The molecule has 0 heterocycles. The minimum absolute atomic E-state index is 0. The molecule has 0 aromatic heterocycles. The molecule has 0 saturated heterocycles. The Morgan fingerprint density at radius 1 is 1.12 bits per heavy atom. The molecule has 0 aliphatic rings. The van der Waals surface area contributed by atoms with E-state index in [-0.39, 0.29) is 12.4 Å². The van der Waals surface area contributed by atoms with E-state index in [4.69, 9.17) is 21.1 Å². The summed E-state index contributed by atoms with van der Waals surface area (Å²) in [4.78, 5) is 0. The normalized spacial score (nSPS) is 10.4. The maximum atomic E-state index is 6.22.